The number of ether oxygens (including phenoxy) is 1. The summed E-state index contributed by atoms with van der Waals surface area (Å²) < 4.78 is 25.1. The van der Waals surface area contributed by atoms with Crippen molar-refractivity contribution in [3.63, 3.8) is 0 Å². The van der Waals surface area contributed by atoms with Gasteiger partial charge in [0.2, 0.25) is 0 Å². The minimum atomic E-state index is -2.72. The lowest BCUT2D eigenvalue weighted by molar-refractivity contribution is 0.305. The van der Waals surface area contributed by atoms with Crippen molar-refractivity contribution in [3.05, 3.63) is 60.4 Å². The maximum absolute atomic E-state index is 11.8. The first-order valence-corrected chi connectivity index (χ1v) is 8.90. The van der Waals surface area contributed by atoms with E-state index in [2.05, 4.69) is 15.2 Å². The summed E-state index contributed by atoms with van der Waals surface area (Å²) in [7, 11) is -2.72. The van der Waals surface area contributed by atoms with Crippen LogP contribution in [0.5, 0.6) is 5.75 Å². The summed E-state index contributed by atoms with van der Waals surface area (Å²) >= 11 is 0. The summed E-state index contributed by atoms with van der Waals surface area (Å²) in [6.45, 7) is 0.328. The van der Waals surface area contributed by atoms with E-state index in [1.165, 1.54) is 6.26 Å². The molecule has 6 nitrogen and oxygen atoms in total. The van der Waals surface area contributed by atoms with Crippen LogP contribution in [0.3, 0.4) is 0 Å². The summed E-state index contributed by atoms with van der Waals surface area (Å²) in [6.07, 6.45) is 4.73. The van der Waals surface area contributed by atoms with Gasteiger partial charge in [-0.2, -0.15) is 5.10 Å². The van der Waals surface area contributed by atoms with Gasteiger partial charge in [-0.25, -0.2) is 8.99 Å². The molecular weight excluding hydrogens is 312 g/mol. The van der Waals surface area contributed by atoms with E-state index < -0.39 is 9.73 Å². The molecule has 0 fully saturated rings. The Bertz CT molecular complexity index is 888. The fraction of sp³-hybridized carbons (Fsp3) is 0.125. The molecule has 1 unspecified atom stereocenters. The summed E-state index contributed by atoms with van der Waals surface area (Å²) in [4.78, 5) is 4.82. The Balaban J connectivity index is 1.69. The van der Waals surface area contributed by atoms with Crippen LogP contribution in [0.15, 0.2) is 59.8 Å². The number of nitrogens with one attached hydrogen (secondary N) is 2. The predicted molar refractivity (Wildman–Crippen MR) is 87.6 cm³/mol. The minimum Gasteiger partial charge on any atom is -0.487 e. The van der Waals surface area contributed by atoms with Crippen LogP contribution in [-0.4, -0.2) is 25.6 Å². The first-order valence-electron chi connectivity index (χ1n) is 6.94. The van der Waals surface area contributed by atoms with Crippen molar-refractivity contribution in [1.82, 2.24) is 15.2 Å². The molecular formula is C16H16N4O2S. The van der Waals surface area contributed by atoms with Gasteiger partial charge in [-0.05, 0) is 35.9 Å². The molecule has 23 heavy (non-hydrogen) atoms. The van der Waals surface area contributed by atoms with Gasteiger partial charge in [0.25, 0.3) is 0 Å². The summed E-state index contributed by atoms with van der Waals surface area (Å²) in [5, 5.41) is 6.74. The molecule has 0 bridgehead atoms. The van der Waals surface area contributed by atoms with E-state index in [1.807, 2.05) is 24.3 Å². The Labute approximate surface area is 134 Å². The smallest absolute Gasteiger partial charge is 0.138 e. The fourth-order valence-electron chi connectivity index (χ4n) is 2.07. The molecule has 0 saturated heterocycles. The van der Waals surface area contributed by atoms with Crippen molar-refractivity contribution in [2.24, 2.45) is 0 Å². The zero-order chi connectivity index (χ0) is 16.3. The molecule has 118 valence electrons. The predicted octanol–water partition coefficient (Wildman–Crippen LogP) is 3.09. The summed E-state index contributed by atoms with van der Waals surface area (Å²) in [6, 6.07) is 12.6. The van der Waals surface area contributed by atoms with Crippen LogP contribution in [0.2, 0.25) is 0 Å². The third kappa shape index (κ3) is 3.75. The van der Waals surface area contributed by atoms with E-state index in [-0.39, 0.29) is 0 Å². The van der Waals surface area contributed by atoms with Gasteiger partial charge in [-0.15, -0.1) is 0 Å². The van der Waals surface area contributed by atoms with E-state index in [4.69, 9.17) is 9.52 Å². The normalized spacial score (nSPS) is 13.4. The van der Waals surface area contributed by atoms with Crippen molar-refractivity contribution >= 4 is 9.73 Å². The van der Waals surface area contributed by atoms with E-state index in [0.717, 1.165) is 17.0 Å². The zero-order valence-electron chi connectivity index (χ0n) is 12.5. The summed E-state index contributed by atoms with van der Waals surface area (Å²) in [5.41, 5.74) is 2.50. The van der Waals surface area contributed by atoms with Gasteiger partial charge in [-0.1, -0.05) is 12.1 Å². The first kappa shape index (κ1) is 15.2. The Morgan fingerprint density at radius 2 is 2.13 bits per heavy atom. The van der Waals surface area contributed by atoms with E-state index in [9.17, 15) is 4.21 Å². The van der Waals surface area contributed by atoms with Crippen LogP contribution in [0.25, 0.3) is 11.4 Å². The van der Waals surface area contributed by atoms with Crippen molar-refractivity contribution < 1.29 is 8.95 Å². The molecule has 0 aliphatic rings. The lowest BCUT2D eigenvalue weighted by Crippen LogP contribution is -1.99. The molecule has 0 aliphatic carbocycles. The van der Waals surface area contributed by atoms with Crippen molar-refractivity contribution in [2.45, 2.75) is 11.5 Å². The molecule has 1 aromatic carbocycles. The van der Waals surface area contributed by atoms with Crippen molar-refractivity contribution in [1.29, 1.82) is 4.78 Å². The number of hydrogen-bond acceptors (Lipinski definition) is 5. The average Bonchev–Trinajstić information content (AvgIpc) is 3.07. The molecule has 3 rings (SSSR count). The molecule has 0 saturated carbocycles. The van der Waals surface area contributed by atoms with Crippen molar-refractivity contribution in [3.8, 4) is 17.1 Å². The van der Waals surface area contributed by atoms with E-state index >= 15 is 0 Å². The molecule has 7 heteroatoms. The number of aromatic nitrogens is 3. The highest BCUT2D eigenvalue weighted by atomic mass is 32.2. The number of nitrogens with zero attached hydrogens (tertiary/aromatic N) is 2. The van der Waals surface area contributed by atoms with Crippen LogP contribution >= 0.6 is 0 Å². The maximum Gasteiger partial charge on any atom is 0.138 e. The van der Waals surface area contributed by atoms with Gasteiger partial charge >= 0.3 is 0 Å². The topological polar surface area (TPSA) is 91.7 Å². The average molecular weight is 328 g/mol. The van der Waals surface area contributed by atoms with E-state index in [1.54, 1.807) is 30.6 Å². The Morgan fingerprint density at radius 1 is 1.26 bits per heavy atom. The third-order valence-corrected chi connectivity index (χ3v) is 4.42. The third-order valence-electron chi connectivity index (χ3n) is 3.27. The quantitative estimate of drug-likeness (QED) is 0.753. The van der Waals surface area contributed by atoms with Crippen molar-refractivity contribution in [2.75, 3.05) is 6.26 Å². The van der Waals surface area contributed by atoms with Crippen LogP contribution in [0.4, 0.5) is 0 Å². The SMILES string of the molecule is CS(=N)(=O)c1cccc(COc2ccc(-c3ccn[nH]3)nc2)c1. The lowest BCUT2D eigenvalue weighted by atomic mass is 10.2. The maximum atomic E-state index is 11.8. The highest BCUT2D eigenvalue weighted by Gasteiger charge is 2.05. The van der Waals surface area contributed by atoms with Crippen LogP contribution < -0.4 is 4.74 Å². The number of rotatable bonds is 5. The second-order valence-electron chi connectivity index (χ2n) is 5.13. The largest absolute Gasteiger partial charge is 0.487 e. The highest BCUT2D eigenvalue weighted by Crippen LogP contribution is 2.18. The number of hydrogen-bond donors (Lipinski definition) is 2. The number of H-pyrrole nitrogens is 1. The van der Waals surface area contributed by atoms with Gasteiger partial charge in [0.15, 0.2) is 0 Å². The second-order valence-corrected chi connectivity index (χ2v) is 7.29. The standard InChI is InChI=1S/C16H16N4O2S/c1-23(17,21)14-4-2-3-12(9-14)11-22-13-5-6-15(18-10-13)16-7-8-19-20-16/h2-10,17H,11H2,1H3,(H,19,20). The Kier molecular flexibility index (Phi) is 4.12. The van der Waals surface area contributed by atoms with Crippen LogP contribution in [0, 0.1) is 4.78 Å². The summed E-state index contributed by atoms with van der Waals surface area (Å²) in [5.74, 6) is 0.641. The fourth-order valence-corrected chi connectivity index (χ4v) is 2.78. The van der Waals surface area contributed by atoms with Crippen LogP contribution in [-0.2, 0) is 16.3 Å². The number of benzene rings is 1. The number of aromatic amines is 1. The Morgan fingerprint density at radius 3 is 2.78 bits per heavy atom. The molecule has 1 atom stereocenters. The number of pyridine rings is 1. The molecule has 2 N–H and O–H groups in total. The molecule has 2 aromatic heterocycles. The minimum absolute atomic E-state index is 0.328. The molecule has 0 amide bonds. The molecule has 0 spiro atoms. The van der Waals surface area contributed by atoms with Gasteiger partial charge in [-0.3, -0.25) is 10.1 Å². The van der Waals surface area contributed by atoms with Gasteiger partial charge in [0.1, 0.15) is 12.4 Å². The first-order chi connectivity index (χ1) is 11.0. The highest BCUT2D eigenvalue weighted by molar-refractivity contribution is 7.91. The molecule has 0 radical (unpaired) electrons. The van der Waals surface area contributed by atoms with E-state index in [0.29, 0.717) is 17.3 Å². The molecule has 2 heterocycles. The van der Waals surface area contributed by atoms with Gasteiger partial charge < -0.3 is 4.74 Å². The zero-order valence-corrected chi connectivity index (χ0v) is 13.3. The monoisotopic (exact) mass is 328 g/mol. The van der Waals surface area contributed by atoms with Gasteiger partial charge in [0, 0.05) is 17.3 Å². The molecule has 0 aliphatic heterocycles. The lowest BCUT2D eigenvalue weighted by Gasteiger charge is -2.08. The second kappa shape index (κ2) is 6.21. The molecule has 3 aromatic rings. The van der Waals surface area contributed by atoms with Gasteiger partial charge in [0.05, 0.1) is 27.3 Å². The van der Waals surface area contributed by atoms with Crippen LogP contribution in [0.1, 0.15) is 5.56 Å². The Hall–Kier alpha value is -2.67.